The van der Waals surface area contributed by atoms with Crippen molar-refractivity contribution in [3.05, 3.63) is 69.7 Å². The van der Waals surface area contributed by atoms with Crippen molar-refractivity contribution >= 4 is 29.0 Å². The minimum absolute atomic E-state index is 0.0189. The van der Waals surface area contributed by atoms with Crippen molar-refractivity contribution in [3.8, 4) is 0 Å². The molecule has 2 aromatic carbocycles. The predicted molar refractivity (Wildman–Crippen MR) is 76.9 cm³/mol. The Balaban J connectivity index is 1.93. The van der Waals surface area contributed by atoms with E-state index in [4.69, 9.17) is 27.9 Å². The van der Waals surface area contributed by atoms with Crippen molar-refractivity contribution < 1.29 is 9.53 Å². The smallest absolute Gasteiger partial charge is 0.190 e. The molecular formula is C15H12Cl2O2. The molecule has 2 nitrogen and oxygen atoms in total. The van der Waals surface area contributed by atoms with Gasteiger partial charge in [-0.15, -0.1) is 0 Å². The molecule has 19 heavy (non-hydrogen) atoms. The topological polar surface area (TPSA) is 26.3 Å². The van der Waals surface area contributed by atoms with Gasteiger partial charge in [0.05, 0.1) is 11.6 Å². The van der Waals surface area contributed by atoms with Crippen molar-refractivity contribution in [1.82, 2.24) is 0 Å². The number of ketones is 1. The van der Waals surface area contributed by atoms with Crippen LogP contribution in [-0.2, 0) is 11.3 Å². The quantitative estimate of drug-likeness (QED) is 0.764. The lowest BCUT2D eigenvalue weighted by Crippen LogP contribution is -2.09. The maximum absolute atomic E-state index is 11.9. The Morgan fingerprint density at radius 3 is 2.53 bits per heavy atom. The number of benzene rings is 2. The normalized spacial score (nSPS) is 10.4. The van der Waals surface area contributed by atoms with Crippen molar-refractivity contribution in [2.75, 3.05) is 6.61 Å². The molecule has 0 aliphatic rings. The second-order valence-corrected chi connectivity index (χ2v) is 4.87. The van der Waals surface area contributed by atoms with Gasteiger partial charge in [-0.25, -0.2) is 0 Å². The summed E-state index contributed by atoms with van der Waals surface area (Å²) in [6.07, 6.45) is 0. The van der Waals surface area contributed by atoms with Gasteiger partial charge in [0.15, 0.2) is 5.78 Å². The van der Waals surface area contributed by atoms with E-state index in [1.165, 1.54) is 0 Å². The van der Waals surface area contributed by atoms with Crippen LogP contribution < -0.4 is 0 Å². The molecule has 2 aromatic rings. The fourth-order valence-electron chi connectivity index (χ4n) is 1.62. The number of carbonyl (C=O) groups is 1. The van der Waals surface area contributed by atoms with Crippen LogP contribution in [0.25, 0.3) is 0 Å². The van der Waals surface area contributed by atoms with Gasteiger partial charge in [-0.05, 0) is 23.8 Å². The summed E-state index contributed by atoms with van der Waals surface area (Å²) < 4.78 is 5.38. The number of hydrogen-bond donors (Lipinski definition) is 0. The van der Waals surface area contributed by atoms with Crippen LogP contribution in [0.1, 0.15) is 15.9 Å². The number of Topliss-reactive ketones (excluding diaryl/α,β-unsaturated/α-hetero) is 1. The van der Waals surface area contributed by atoms with Crippen molar-refractivity contribution in [2.24, 2.45) is 0 Å². The summed E-state index contributed by atoms with van der Waals surface area (Å²) in [5.41, 5.74) is 1.41. The predicted octanol–water partition coefficient (Wildman–Crippen LogP) is 4.39. The summed E-state index contributed by atoms with van der Waals surface area (Å²) >= 11 is 11.8. The van der Waals surface area contributed by atoms with E-state index in [9.17, 15) is 4.79 Å². The second-order valence-electron chi connectivity index (χ2n) is 4.03. The van der Waals surface area contributed by atoms with Gasteiger partial charge in [0.1, 0.15) is 6.61 Å². The van der Waals surface area contributed by atoms with E-state index in [0.717, 1.165) is 5.56 Å². The summed E-state index contributed by atoms with van der Waals surface area (Å²) in [6.45, 7) is 0.375. The van der Waals surface area contributed by atoms with Crippen LogP contribution in [0.3, 0.4) is 0 Å². The molecule has 0 amide bonds. The Hall–Kier alpha value is -1.35. The van der Waals surface area contributed by atoms with Crippen molar-refractivity contribution in [3.63, 3.8) is 0 Å². The molecule has 0 bridgehead atoms. The van der Waals surface area contributed by atoms with Gasteiger partial charge in [0, 0.05) is 10.6 Å². The SMILES string of the molecule is O=C(COCc1ccccc1)c1cc(Cl)ccc1Cl. The first-order valence-electron chi connectivity index (χ1n) is 5.77. The van der Waals surface area contributed by atoms with Crippen molar-refractivity contribution in [1.29, 1.82) is 0 Å². The minimum Gasteiger partial charge on any atom is -0.369 e. The number of rotatable bonds is 5. The lowest BCUT2D eigenvalue weighted by atomic mass is 10.1. The zero-order valence-corrected chi connectivity index (χ0v) is 11.6. The molecule has 98 valence electrons. The molecule has 0 heterocycles. The molecule has 0 radical (unpaired) electrons. The van der Waals surface area contributed by atoms with Crippen molar-refractivity contribution in [2.45, 2.75) is 6.61 Å². The fraction of sp³-hybridized carbons (Fsp3) is 0.133. The monoisotopic (exact) mass is 294 g/mol. The number of halogens is 2. The summed E-state index contributed by atoms with van der Waals surface area (Å²) in [4.78, 5) is 11.9. The highest BCUT2D eigenvalue weighted by atomic mass is 35.5. The van der Waals surface area contributed by atoms with E-state index in [1.807, 2.05) is 30.3 Å². The maximum atomic E-state index is 11.9. The van der Waals surface area contributed by atoms with Gasteiger partial charge < -0.3 is 4.74 Å². The minimum atomic E-state index is -0.177. The van der Waals surface area contributed by atoms with E-state index in [2.05, 4.69) is 0 Å². The molecule has 0 fully saturated rings. The molecule has 0 unspecified atom stereocenters. The molecule has 0 aliphatic heterocycles. The van der Waals surface area contributed by atoms with Crippen LogP contribution in [-0.4, -0.2) is 12.4 Å². The largest absolute Gasteiger partial charge is 0.369 e. The molecule has 0 atom stereocenters. The molecule has 0 spiro atoms. The third kappa shape index (κ3) is 4.06. The standard InChI is InChI=1S/C15H12Cl2O2/c16-12-6-7-14(17)13(8-12)15(18)10-19-9-11-4-2-1-3-5-11/h1-8H,9-10H2. The van der Waals surface area contributed by atoms with Gasteiger partial charge in [-0.1, -0.05) is 53.5 Å². The van der Waals surface area contributed by atoms with E-state index in [1.54, 1.807) is 18.2 Å². The van der Waals surface area contributed by atoms with Crippen LogP contribution in [0.2, 0.25) is 10.0 Å². The third-order valence-electron chi connectivity index (χ3n) is 2.57. The Morgan fingerprint density at radius 1 is 1.05 bits per heavy atom. The van der Waals surface area contributed by atoms with Crippen LogP contribution in [0.5, 0.6) is 0 Å². The summed E-state index contributed by atoms with van der Waals surface area (Å²) in [5.74, 6) is -0.177. The zero-order valence-electron chi connectivity index (χ0n) is 10.1. The molecule has 4 heteroatoms. The highest BCUT2D eigenvalue weighted by Gasteiger charge is 2.11. The number of hydrogen-bond acceptors (Lipinski definition) is 2. The second kappa shape index (κ2) is 6.71. The molecule has 0 saturated carbocycles. The highest BCUT2D eigenvalue weighted by molar-refractivity contribution is 6.35. The van der Waals surface area contributed by atoms with E-state index >= 15 is 0 Å². The summed E-state index contributed by atoms with van der Waals surface area (Å²) in [7, 11) is 0. The Labute approximate surface area is 121 Å². The van der Waals surface area contributed by atoms with Crippen LogP contribution in [0.4, 0.5) is 0 Å². The van der Waals surface area contributed by atoms with Gasteiger partial charge in [-0.3, -0.25) is 4.79 Å². The summed E-state index contributed by atoms with van der Waals surface area (Å²) in [6, 6.07) is 14.5. The lowest BCUT2D eigenvalue weighted by molar-refractivity contribution is 0.0727. The van der Waals surface area contributed by atoms with E-state index in [0.29, 0.717) is 22.2 Å². The molecular weight excluding hydrogens is 283 g/mol. The molecule has 0 N–H and O–H groups in total. The zero-order chi connectivity index (χ0) is 13.7. The Bertz CT molecular complexity index is 568. The number of ether oxygens (including phenoxy) is 1. The average molecular weight is 295 g/mol. The van der Waals surface area contributed by atoms with Crippen LogP contribution in [0.15, 0.2) is 48.5 Å². The van der Waals surface area contributed by atoms with Crippen LogP contribution >= 0.6 is 23.2 Å². The van der Waals surface area contributed by atoms with E-state index in [-0.39, 0.29) is 12.4 Å². The maximum Gasteiger partial charge on any atom is 0.190 e. The summed E-state index contributed by atoms with van der Waals surface area (Å²) in [5, 5.41) is 0.869. The van der Waals surface area contributed by atoms with Gasteiger partial charge in [0.25, 0.3) is 0 Å². The molecule has 2 rings (SSSR count). The molecule has 0 aromatic heterocycles. The average Bonchev–Trinajstić information content (AvgIpc) is 2.42. The van der Waals surface area contributed by atoms with Crippen LogP contribution in [0, 0.1) is 0 Å². The van der Waals surface area contributed by atoms with Gasteiger partial charge >= 0.3 is 0 Å². The lowest BCUT2D eigenvalue weighted by Gasteiger charge is -2.06. The molecule has 0 aliphatic carbocycles. The Morgan fingerprint density at radius 2 is 1.79 bits per heavy atom. The fourth-order valence-corrected chi connectivity index (χ4v) is 2.02. The highest BCUT2D eigenvalue weighted by Crippen LogP contribution is 2.21. The van der Waals surface area contributed by atoms with Gasteiger partial charge in [0.2, 0.25) is 0 Å². The third-order valence-corrected chi connectivity index (χ3v) is 3.14. The first-order chi connectivity index (χ1) is 9.16. The first-order valence-corrected chi connectivity index (χ1v) is 6.52. The Kier molecular flexibility index (Phi) is 4.97. The molecule has 0 saturated heterocycles. The number of carbonyl (C=O) groups excluding carboxylic acids is 1. The van der Waals surface area contributed by atoms with Gasteiger partial charge in [-0.2, -0.15) is 0 Å². The van der Waals surface area contributed by atoms with E-state index < -0.39 is 0 Å². The first kappa shape index (κ1) is 14.1.